The maximum atomic E-state index is 12.9. The van der Waals surface area contributed by atoms with Gasteiger partial charge in [-0.15, -0.1) is 0 Å². The zero-order chi connectivity index (χ0) is 19.4. The Labute approximate surface area is 166 Å². The average Bonchev–Trinajstić information content (AvgIpc) is 3.07. The van der Waals surface area contributed by atoms with E-state index in [0.717, 1.165) is 44.5 Å². The zero-order valence-electron chi connectivity index (χ0n) is 16.6. The number of rotatable bonds is 3. The van der Waals surface area contributed by atoms with Gasteiger partial charge in [-0.3, -0.25) is 9.59 Å². The first-order valence-electron chi connectivity index (χ1n) is 10.6. The average molecular weight is 383 g/mol. The molecule has 2 saturated carbocycles. The summed E-state index contributed by atoms with van der Waals surface area (Å²) in [4.78, 5) is 26.3. The van der Waals surface area contributed by atoms with Gasteiger partial charge >= 0.3 is 5.97 Å². The topological polar surface area (TPSA) is 55.8 Å². The second-order valence-electron chi connectivity index (χ2n) is 9.65. The summed E-state index contributed by atoms with van der Waals surface area (Å²) in [5.74, 6) is 1.88. The van der Waals surface area contributed by atoms with E-state index in [4.69, 9.17) is 9.47 Å². The van der Waals surface area contributed by atoms with Crippen molar-refractivity contribution in [1.82, 2.24) is 4.90 Å². The van der Waals surface area contributed by atoms with Crippen molar-refractivity contribution in [3.8, 4) is 5.75 Å². The summed E-state index contributed by atoms with van der Waals surface area (Å²) in [5, 5.41) is 0. The minimum atomic E-state index is -0.0959. The summed E-state index contributed by atoms with van der Waals surface area (Å²) in [6.45, 7) is 2.30. The smallest absolute Gasteiger partial charge is 0.306 e. The van der Waals surface area contributed by atoms with Crippen LogP contribution in [0, 0.1) is 16.7 Å². The second-order valence-corrected chi connectivity index (χ2v) is 9.65. The first-order chi connectivity index (χ1) is 13.5. The first-order valence-corrected chi connectivity index (χ1v) is 10.6. The van der Waals surface area contributed by atoms with Crippen LogP contribution >= 0.6 is 0 Å². The third kappa shape index (κ3) is 2.99. The second kappa shape index (κ2) is 6.50. The Morgan fingerprint density at radius 3 is 2.54 bits per heavy atom. The van der Waals surface area contributed by atoms with Crippen LogP contribution in [0.2, 0.25) is 0 Å². The van der Waals surface area contributed by atoms with Crippen LogP contribution < -0.4 is 4.74 Å². The zero-order valence-corrected chi connectivity index (χ0v) is 16.6. The number of cyclic esters (lactones) is 1. The largest absolute Gasteiger partial charge is 0.497 e. The van der Waals surface area contributed by atoms with Gasteiger partial charge in [0.25, 0.3) is 0 Å². The van der Waals surface area contributed by atoms with Gasteiger partial charge in [-0.25, -0.2) is 0 Å². The van der Waals surface area contributed by atoms with Gasteiger partial charge in [0, 0.05) is 24.4 Å². The standard InChI is InChI=1S/C23H29NO4/c1-27-19-4-2-3-16(9-19)17-10-22(11-17)5-7-24(8-6-22)21(26)18-12-23(13-18)14-20(25)28-15-23/h2-4,9,17-18H,5-8,10-15H2,1H3. The fourth-order valence-corrected chi connectivity index (χ4v) is 6.05. The molecule has 5 rings (SSSR count). The lowest BCUT2D eigenvalue weighted by Crippen LogP contribution is -2.52. The van der Waals surface area contributed by atoms with Gasteiger partial charge in [0.05, 0.1) is 20.1 Å². The van der Waals surface area contributed by atoms with Gasteiger partial charge in [-0.1, -0.05) is 12.1 Å². The van der Waals surface area contributed by atoms with Crippen LogP contribution in [-0.2, 0) is 14.3 Å². The van der Waals surface area contributed by atoms with Gasteiger partial charge in [-0.05, 0) is 67.6 Å². The Morgan fingerprint density at radius 2 is 1.89 bits per heavy atom. The number of esters is 1. The molecule has 150 valence electrons. The quantitative estimate of drug-likeness (QED) is 0.750. The van der Waals surface area contributed by atoms with Crippen LogP contribution in [0.5, 0.6) is 5.75 Å². The molecule has 2 aliphatic heterocycles. The normalized spacial score (nSPS) is 28.0. The number of hydrogen-bond donors (Lipinski definition) is 0. The summed E-state index contributed by atoms with van der Waals surface area (Å²) in [5.41, 5.74) is 1.79. The van der Waals surface area contributed by atoms with E-state index in [-0.39, 0.29) is 17.3 Å². The third-order valence-electron chi connectivity index (χ3n) is 7.83. The fourth-order valence-electron chi connectivity index (χ4n) is 6.05. The molecule has 4 fully saturated rings. The van der Waals surface area contributed by atoms with Crippen LogP contribution in [0.25, 0.3) is 0 Å². The van der Waals surface area contributed by atoms with E-state index < -0.39 is 0 Å². The first kappa shape index (κ1) is 18.0. The molecule has 2 heterocycles. The van der Waals surface area contributed by atoms with Crippen molar-refractivity contribution in [2.45, 2.75) is 50.9 Å². The molecule has 0 atom stereocenters. The number of nitrogens with zero attached hydrogens (tertiary/aromatic N) is 1. The monoisotopic (exact) mass is 383 g/mol. The number of likely N-dealkylation sites (tertiary alicyclic amines) is 1. The summed E-state index contributed by atoms with van der Waals surface area (Å²) in [6.07, 6.45) is 6.87. The predicted molar refractivity (Wildman–Crippen MR) is 104 cm³/mol. The molecule has 2 aliphatic carbocycles. The molecule has 0 bridgehead atoms. The summed E-state index contributed by atoms with van der Waals surface area (Å²) in [6, 6.07) is 8.46. The van der Waals surface area contributed by atoms with E-state index in [0.29, 0.717) is 30.3 Å². The molecule has 2 spiro atoms. The molecule has 1 aromatic carbocycles. The van der Waals surface area contributed by atoms with Crippen molar-refractivity contribution in [2.24, 2.45) is 16.7 Å². The molecule has 4 aliphatic rings. The van der Waals surface area contributed by atoms with E-state index in [9.17, 15) is 9.59 Å². The van der Waals surface area contributed by atoms with Crippen LogP contribution in [0.3, 0.4) is 0 Å². The molecule has 1 amide bonds. The number of hydrogen-bond acceptors (Lipinski definition) is 4. The lowest BCUT2D eigenvalue weighted by Gasteiger charge is -2.53. The number of piperidine rings is 1. The molecule has 1 aromatic rings. The number of amides is 1. The summed E-state index contributed by atoms with van der Waals surface area (Å²) < 4.78 is 10.5. The van der Waals surface area contributed by atoms with Crippen molar-refractivity contribution in [3.05, 3.63) is 29.8 Å². The van der Waals surface area contributed by atoms with Gasteiger partial charge in [0.2, 0.25) is 5.91 Å². The summed E-state index contributed by atoms with van der Waals surface area (Å²) in [7, 11) is 1.72. The van der Waals surface area contributed by atoms with E-state index in [1.165, 1.54) is 18.4 Å². The van der Waals surface area contributed by atoms with E-state index in [1.54, 1.807) is 7.11 Å². The highest BCUT2D eigenvalue weighted by molar-refractivity contribution is 5.81. The molecule has 0 unspecified atom stereocenters. The Hall–Kier alpha value is -2.04. The number of methoxy groups -OCH3 is 1. The third-order valence-corrected chi connectivity index (χ3v) is 7.83. The highest BCUT2D eigenvalue weighted by Crippen LogP contribution is 2.57. The SMILES string of the molecule is COc1cccc(C2CC3(CCN(C(=O)C4CC5(COC(=O)C5)C4)CC3)C2)c1. The van der Waals surface area contributed by atoms with Gasteiger partial charge in [0.1, 0.15) is 5.75 Å². The van der Waals surface area contributed by atoms with Gasteiger partial charge in [-0.2, -0.15) is 0 Å². The Bertz CT molecular complexity index is 782. The van der Waals surface area contributed by atoms with Crippen LogP contribution in [-0.4, -0.2) is 43.6 Å². The Balaban J connectivity index is 1.12. The van der Waals surface area contributed by atoms with E-state index in [1.807, 2.05) is 6.07 Å². The van der Waals surface area contributed by atoms with Crippen LogP contribution in [0.1, 0.15) is 56.4 Å². The fraction of sp³-hybridized carbons (Fsp3) is 0.652. The molecule has 0 aromatic heterocycles. The van der Waals surface area contributed by atoms with Crippen molar-refractivity contribution >= 4 is 11.9 Å². The Morgan fingerprint density at radius 1 is 1.14 bits per heavy atom. The van der Waals surface area contributed by atoms with Crippen molar-refractivity contribution in [2.75, 3.05) is 26.8 Å². The highest BCUT2D eigenvalue weighted by Gasteiger charge is 2.54. The maximum absolute atomic E-state index is 12.9. The van der Waals surface area contributed by atoms with Crippen LogP contribution in [0.4, 0.5) is 0 Å². The number of ether oxygens (including phenoxy) is 2. The maximum Gasteiger partial charge on any atom is 0.306 e. The molecular weight excluding hydrogens is 354 g/mol. The van der Waals surface area contributed by atoms with E-state index >= 15 is 0 Å². The molecule has 0 radical (unpaired) electrons. The molecule has 2 saturated heterocycles. The summed E-state index contributed by atoms with van der Waals surface area (Å²) >= 11 is 0. The molecule has 5 heteroatoms. The minimum absolute atomic E-state index is 0.0215. The van der Waals surface area contributed by atoms with Crippen molar-refractivity contribution in [3.63, 3.8) is 0 Å². The van der Waals surface area contributed by atoms with Gasteiger partial charge < -0.3 is 14.4 Å². The molecule has 5 nitrogen and oxygen atoms in total. The molecule has 0 N–H and O–H groups in total. The number of carbonyl (C=O) groups excluding carboxylic acids is 2. The lowest BCUT2D eigenvalue weighted by molar-refractivity contribution is -0.147. The number of carbonyl (C=O) groups is 2. The minimum Gasteiger partial charge on any atom is -0.497 e. The van der Waals surface area contributed by atoms with E-state index in [2.05, 4.69) is 23.1 Å². The molecule has 28 heavy (non-hydrogen) atoms. The molecular formula is C23H29NO4. The highest BCUT2D eigenvalue weighted by atomic mass is 16.5. The van der Waals surface area contributed by atoms with Gasteiger partial charge in [0.15, 0.2) is 0 Å². The van der Waals surface area contributed by atoms with Crippen molar-refractivity contribution < 1.29 is 19.1 Å². The Kier molecular flexibility index (Phi) is 4.18. The predicted octanol–water partition coefficient (Wildman–Crippen LogP) is 3.52. The number of benzene rings is 1. The lowest BCUT2D eigenvalue weighted by atomic mass is 9.56. The van der Waals surface area contributed by atoms with Crippen molar-refractivity contribution in [1.29, 1.82) is 0 Å². The van der Waals surface area contributed by atoms with Crippen LogP contribution in [0.15, 0.2) is 24.3 Å².